The number of hydrogen-bond acceptors (Lipinski definition) is 4. The number of carbonyl (C=O) groups excluding carboxylic acids is 1. The minimum atomic E-state index is -0.127. The van der Waals surface area contributed by atoms with Gasteiger partial charge < -0.3 is 20.7 Å². The van der Waals surface area contributed by atoms with E-state index in [-0.39, 0.29) is 5.91 Å². The highest BCUT2D eigenvalue weighted by Gasteiger charge is 2.06. The molecular formula is C18H24N4O2S. The second kappa shape index (κ2) is 9.68. The number of nitrogens with one attached hydrogen (secondary N) is 3. The Morgan fingerprint density at radius 1 is 1.16 bits per heavy atom. The van der Waals surface area contributed by atoms with Crippen LogP contribution in [0.3, 0.4) is 0 Å². The van der Waals surface area contributed by atoms with Crippen molar-refractivity contribution >= 4 is 23.2 Å². The summed E-state index contributed by atoms with van der Waals surface area (Å²) in [4.78, 5) is 18.8. The number of hydrogen-bond donors (Lipinski definition) is 3. The zero-order valence-corrected chi connectivity index (χ0v) is 15.6. The Kier molecular flexibility index (Phi) is 7.28. The summed E-state index contributed by atoms with van der Waals surface area (Å²) in [6.07, 6.45) is 0. The standard InChI is InChI=1S/C18H24N4O2S/c1-13-7-8-16(25-13)12-22-18(19-2)21-10-9-20-17(23)14-5-4-6-15(11-14)24-3/h4-8,11H,9-10,12H2,1-3H3,(H,20,23)(H2,19,21,22). The Morgan fingerprint density at radius 2 is 1.96 bits per heavy atom. The van der Waals surface area contributed by atoms with Gasteiger partial charge in [-0.1, -0.05) is 6.07 Å². The summed E-state index contributed by atoms with van der Waals surface area (Å²) in [7, 11) is 3.31. The number of thiophene rings is 1. The first kappa shape index (κ1) is 18.8. The molecule has 0 fully saturated rings. The molecule has 25 heavy (non-hydrogen) atoms. The van der Waals surface area contributed by atoms with Gasteiger partial charge in [0.2, 0.25) is 0 Å². The molecule has 0 bridgehead atoms. The molecule has 1 aromatic heterocycles. The van der Waals surface area contributed by atoms with Crippen LogP contribution in [0.5, 0.6) is 5.75 Å². The lowest BCUT2D eigenvalue weighted by molar-refractivity contribution is 0.0954. The Morgan fingerprint density at radius 3 is 2.64 bits per heavy atom. The number of nitrogens with zero attached hydrogens (tertiary/aromatic N) is 1. The predicted octanol–water partition coefficient (Wildman–Crippen LogP) is 2.16. The molecule has 0 aliphatic heterocycles. The van der Waals surface area contributed by atoms with Crippen LogP contribution in [0.15, 0.2) is 41.4 Å². The number of rotatable bonds is 7. The first-order valence-electron chi connectivity index (χ1n) is 8.04. The number of methoxy groups -OCH3 is 1. The monoisotopic (exact) mass is 360 g/mol. The minimum Gasteiger partial charge on any atom is -0.497 e. The lowest BCUT2D eigenvalue weighted by atomic mass is 10.2. The van der Waals surface area contributed by atoms with Gasteiger partial charge in [0.1, 0.15) is 5.75 Å². The first-order chi connectivity index (χ1) is 12.1. The molecule has 1 heterocycles. The first-order valence-corrected chi connectivity index (χ1v) is 8.86. The number of aryl methyl sites for hydroxylation is 1. The van der Waals surface area contributed by atoms with Gasteiger partial charge in [-0.05, 0) is 37.3 Å². The van der Waals surface area contributed by atoms with Gasteiger partial charge >= 0.3 is 0 Å². The van der Waals surface area contributed by atoms with E-state index in [1.165, 1.54) is 9.75 Å². The quantitative estimate of drug-likeness (QED) is 0.402. The van der Waals surface area contributed by atoms with Crippen LogP contribution < -0.4 is 20.7 Å². The van der Waals surface area contributed by atoms with Crippen molar-refractivity contribution in [3.05, 3.63) is 51.7 Å². The number of aliphatic imine (C=N–C) groups is 1. The van der Waals surface area contributed by atoms with Crippen LogP contribution in [0.2, 0.25) is 0 Å². The molecule has 1 aromatic carbocycles. The van der Waals surface area contributed by atoms with Crippen molar-refractivity contribution in [3.63, 3.8) is 0 Å². The van der Waals surface area contributed by atoms with Gasteiger partial charge in [0.25, 0.3) is 5.91 Å². The molecule has 0 saturated carbocycles. The summed E-state index contributed by atoms with van der Waals surface area (Å²) in [5.41, 5.74) is 0.579. The molecule has 0 spiro atoms. The van der Waals surface area contributed by atoms with E-state index in [0.717, 1.165) is 6.54 Å². The average Bonchev–Trinajstić information content (AvgIpc) is 3.06. The van der Waals surface area contributed by atoms with E-state index in [4.69, 9.17) is 4.74 Å². The van der Waals surface area contributed by atoms with Crippen molar-refractivity contribution in [2.45, 2.75) is 13.5 Å². The Hall–Kier alpha value is -2.54. The second-order valence-corrected chi connectivity index (χ2v) is 6.73. The van der Waals surface area contributed by atoms with Crippen molar-refractivity contribution in [1.29, 1.82) is 0 Å². The van der Waals surface area contributed by atoms with E-state index in [9.17, 15) is 4.79 Å². The summed E-state index contributed by atoms with van der Waals surface area (Å²) in [6.45, 7) is 3.90. The molecule has 6 nitrogen and oxygen atoms in total. The maximum Gasteiger partial charge on any atom is 0.251 e. The number of carbonyl (C=O) groups is 1. The highest BCUT2D eigenvalue weighted by atomic mass is 32.1. The fourth-order valence-electron chi connectivity index (χ4n) is 2.19. The maximum atomic E-state index is 12.1. The number of guanidine groups is 1. The number of benzene rings is 1. The minimum absolute atomic E-state index is 0.127. The van der Waals surface area contributed by atoms with Crippen molar-refractivity contribution in [2.24, 2.45) is 4.99 Å². The van der Waals surface area contributed by atoms with E-state index >= 15 is 0 Å². The average molecular weight is 360 g/mol. The summed E-state index contributed by atoms with van der Waals surface area (Å²) in [6, 6.07) is 11.3. The van der Waals surface area contributed by atoms with Crippen molar-refractivity contribution < 1.29 is 9.53 Å². The van der Waals surface area contributed by atoms with Gasteiger partial charge in [0.05, 0.1) is 13.7 Å². The zero-order valence-electron chi connectivity index (χ0n) is 14.8. The van der Waals surface area contributed by atoms with Crippen LogP contribution in [-0.2, 0) is 6.54 Å². The fraction of sp³-hybridized carbons (Fsp3) is 0.333. The van der Waals surface area contributed by atoms with Crippen LogP contribution in [-0.4, -0.2) is 39.1 Å². The lowest BCUT2D eigenvalue weighted by Crippen LogP contribution is -2.41. The van der Waals surface area contributed by atoms with E-state index in [2.05, 4.69) is 40.0 Å². The van der Waals surface area contributed by atoms with Gasteiger partial charge in [-0.25, -0.2) is 0 Å². The topological polar surface area (TPSA) is 74.8 Å². The van der Waals surface area contributed by atoms with E-state index in [0.29, 0.717) is 30.4 Å². The molecule has 0 saturated heterocycles. The summed E-state index contributed by atoms with van der Waals surface area (Å²) < 4.78 is 5.13. The highest BCUT2D eigenvalue weighted by Crippen LogP contribution is 2.14. The highest BCUT2D eigenvalue weighted by molar-refractivity contribution is 7.11. The molecule has 3 N–H and O–H groups in total. The van der Waals surface area contributed by atoms with Gasteiger partial charge in [0.15, 0.2) is 5.96 Å². The SMILES string of the molecule is CN=C(NCCNC(=O)c1cccc(OC)c1)NCc1ccc(C)s1. The molecule has 1 amide bonds. The van der Waals surface area contributed by atoms with Crippen molar-refractivity contribution in [1.82, 2.24) is 16.0 Å². The van der Waals surface area contributed by atoms with E-state index < -0.39 is 0 Å². The van der Waals surface area contributed by atoms with Crippen molar-refractivity contribution in [2.75, 3.05) is 27.2 Å². The summed E-state index contributed by atoms with van der Waals surface area (Å²) >= 11 is 1.76. The van der Waals surface area contributed by atoms with Gasteiger partial charge in [0, 0.05) is 35.5 Å². The van der Waals surface area contributed by atoms with E-state index in [1.807, 2.05) is 6.07 Å². The molecule has 0 unspecified atom stereocenters. The summed E-state index contributed by atoms with van der Waals surface area (Å²) in [5.74, 6) is 1.25. The predicted molar refractivity (Wildman–Crippen MR) is 103 cm³/mol. The number of amides is 1. The maximum absolute atomic E-state index is 12.1. The van der Waals surface area contributed by atoms with E-state index in [1.54, 1.807) is 43.7 Å². The third kappa shape index (κ3) is 6.11. The fourth-order valence-corrected chi connectivity index (χ4v) is 3.02. The molecule has 2 aromatic rings. The number of ether oxygens (including phenoxy) is 1. The van der Waals surface area contributed by atoms with Crippen LogP contribution in [0, 0.1) is 6.92 Å². The summed E-state index contributed by atoms with van der Waals surface area (Å²) in [5, 5.41) is 9.30. The second-order valence-electron chi connectivity index (χ2n) is 5.35. The van der Waals surface area contributed by atoms with Gasteiger partial charge in [-0.2, -0.15) is 0 Å². The molecule has 134 valence electrons. The normalized spacial score (nSPS) is 11.1. The van der Waals surface area contributed by atoms with Crippen LogP contribution in [0.4, 0.5) is 0 Å². The Labute approximate surface area is 152 Å². The molecule has 2 rings (SSSR count). The third-order valence-electron chi connectivity index (χ3n) is 3.48. The molecule has 0 aliphatic rings. The molecule has 7 heteroatoms. The molecule has 0 radical (unpaired) electrons. The largest absolute Gasteiger partial charge is 0.497 e. The van der Waals surface area contributed by atoms with Crippen molar-refractivity contribution in [3.8, 4) is 5.75 Å². The van der Waals surface area contributed by atoms with Gasteiger partial charge in [-0.3, -0.25) is 9.79 Å². The Bertz CT molecular complexity index is 727. The zero-order chi connectivity index (χ0) is 18.1. The molecule has 0 aliphatic carbocycles. The molecule has 0 atom stereocenters. The smallest absolute Gasteiger partial charge is 0.251 e. The van der Waals surface area contributed by atoms with Crippen LogP contribution in [0.1, 0.15) is 20.1 Å². The lowest BCUT2D eigenvalue weighted by Gasteiger charge is -2.12. The van der Waals surface area contributed by atoms with Crippen LogP contribution in [0.25, 0.3) is 0 Å². The Balaban J connectivity index is 1.70. The third-order valence-corrected chi connectivity index (χ3v) is 4.49. The van der Waals surface area contributed by atoms with Crippen LogP contribution >= 0.6 is 11.3 Å². The van der Waals surface area contributed by atoms with Gasteiger partial charge in [-0.15, -0.1) is 11.3 Å². The molecular weight excluding hydrogens is 336 g/mol.